The van der Waals surface area contributed by atoms with Crippen LogP contribution in [0.3, 0.4) is 0 Å². The van der Waals surface area contributed by atoms with Gasteiger partial charge < -0.3 is 66.3 Å². The number of ether oxygens (including phenoxy) is 2. The molecule has 20 nitrogen and oxygen atoms in total. The molecule has 6 rings (SSSR count). The minimum absolute atomic E-state index is 0.0467. The number of aliphatic hydroxyl groups is 7. The summed E-state index contributed by atoms with van der Waals surface area (Å²) in [7, 11) is 0. The Balaban J connectivity index is 1.04. The van der Waals surface area contributed by atoms with Gasteiger partial charge in [0, 0.05) is 85.6 Å². The van der Waals surface area contributed by atoms with E-state index in [1.54, 1.807) is 0 Å². The Morgan fingerprint density at radius 2 is 1.42 bits per heavy atom. The summed E-state index contributed by atoms with van der Waals surface area (Å²) in [5, 5.41) is 107. The molecule has 1 amide bonds. The van der Waals surface area contributed by atoms with Crippen LogP contribution in [0.15, 0.2) is 30.3 Å². The predicted octanol–water partition coefficient (Wildman–Crippen LogP) is 0.863. The summed E-state index contributed by atoms with van der Waals surface area (Å²) in [4.78, 5) is 91.0. The second-order valence-electron chi connectivity index (χ2n) is 18.1. The molecule has 0 saturated carbocycles. The monoisotopic (exact) mass is 963 g/mol. The second-order valence-corrected chi connectivity index (χ2v) is 18.1. The molecule has 1 aliphatic heterocycles. The molecular formula is C49H57NO19. The van der Waals surface area contributed by atoms with Crippen LogP contribution in [-0.4, -0.2) is 135 Å². The lowest BCUT2D eigenvalue weighted by Gasteiger charge is -2.42. The summed E-state index contributed by atoms with van der Waals surface area (Å²) in [5.41, 5.74) is 0.787. The Bertz CT molecular complexity index is 2540. The maximum absolute atomic E-state index is 14.0. The highest BCUT2D eigenvalue weighted by atomic mass is 16.7. The van der Waals surface area contributed by atoms with Crippen LogP contribution in [0.25, 0.3) is 0 Å². The molecule has 0 aromatic heterocycles. The molecule has 3 unspecified atom stereocenters. The normalized spacial score (nSPS) is 22.8. The molecule has 1 fully saturated rings. The van der Waals surface area contributed by atoms with Gasteiger partial charge in [0.25, 0.3) is 5.91 Å². The van der Waals surface area contributed by atoms with Crippen LogP contribution < -0.4 is 5.73 Å². The molecule has 20 heteroatoms. The highest BCUT2D eigenvalue weighted by Gasteiger charge is 2.50. The number of Topliss-reactive ketones (excluding diaryl/α,β-unsaturated/α-hetero) is 4. The minimum Gasteiger partial charge on any atom is -0.507 e. The van der Waals surface area contributed by atoms with Gasteiger partial charge in [-0.3, -0.25) is 33.6 Å². The third kappa shape index (κ3) is 11.0. The van der Waals surface area contributed by atoms with E-state index in [2.05, 4.69) is 0 Å². The predicted molar refractivity (Wildman–Crippen MR) is 237 cm³/mol. The van der Waals surface area contributed by atoms with Crippen LogP contribution >= 0.6 is 0 Å². The number of carbonyl (C=O) groups is 7. The Hall–Kier alpha value is -5.81. The Kier molecular flexibility index (Phi) is 16.7. The van der Waals surface area contributed by atoms with Crippen LogP contribution in [0.1, 0.15) is 147 Å². The molecule has 3 aliphatic rings. The van der Waals surface area contributed by atoms with Crippen LogP contribution in [0.5, 0.6) is 17.2 Å². The quantitative estimate of drug-likeness (QED) is 0.0487. The van der Waals surface area contributed by atoms with Crippen molar-refractivity contribution in [1.29, 1.82) is 0 Å². The van der Waals surface area contributed by atoms with Crippen molar-refractivity contribution in [3.8, 4) is 17.2 Å². The number of fused-ring (bicyclic) bond motifs is 3. The summed E-state index contributed by atoms with van der Waals surface area (Å²) < 4.78 is 12.2. The zero-order valence-electron chi connectivity index (χ0n) is 37.8. The first kappa shape index (κ1) is 52.6. The summed E-state index contributed by atoms with van der Waals surface area (Å²) in [6, 6.07) is 6.87. The molecule has 3 aromatic carbocycles. The first-order valence-electron chi connectivity index (χ1n) is 22.6. The molecule has 3 aromatic rings. The summed E-state index contributed by atoms with van der Waals surface area (Å²) in [5.74, 6) is -7.79. The fraction of sp³-hybridized carbons (Fsp3) is 0.490. The fourth-order valence-corrected chi connectivity index (χ4v) is 9.61. The maximum atomic E-state index is 14.0. The minimum atomic E-state index is -2.40. The largest absolute Gasteiger partial charge is 0.507 e. The molecule has 2 aliphatic carbocycles. The number of phenols is 3. The summed E-state index contributed by atoms with van der Waals surface area (Å²) in [6.45, 7) is -0.806. The molecule has 69 heavy (non-hydrogen) atoms. The first-order chi connectivity index (χ1) is 32.7. The lowest BCUT2D eigenvalue weighted by Crippen LogP contribution is -2.49. The molecular weight excluding hydrogens is 907 g/mol. The standard InChI is InChI=1S/C49H57NO19/c1-22-42(60)26(15-28(55)6-3-5-27(54)10-12-32(57)33(58)13-11-29(56)14-23-8-9-25(20-52)38(43(23)61)48(50)66)16-36(68-22)69-34-18-49(67,35(59)21-53)17-31-39(34)47(65)41-40(45(31)63)44(62)30-7-2-4-24(19-51)37(30)46(41)64/h2,4,7-9,22,26,32-34,36,42,51-53,57-58,60-61,63,65,67H,3,5-6,10-21H2,1H3,(H2,50,66)/t22-,26-,32?,33?,34+,36?,42+,49-/m0/s1. The molecule has 372 valence electrons. The highest BCUT2D eigenvalue weighted by molar-refractivity contribution is 6.31. The summed E-state index contributed by atoms with van der Waals surface area (Å²) in [6.07, 6.45) is -10.3. The van der Waals surface area contributed by atoms with Gasteiger partial charge in [0.2, 0.25) is 0 Å². The highest BCUT2D eigenvalue weighted by Crippen LogP contribution is 2.52. The molecule has 0 spiro atoms. The van der Waals surface area contributed by atoms with E-state index in [-0.39, 0.29) is 120 Å². The topological polar surface area (TPSA) is 366 Å². The maximum Gasteiger partial charge on any atom is 0.252 e. The van der Waals surface area contributed by atoms with E-state index >= 15 is 0 Å². The van der Waals surface area contributed by atoms with Crippen molar-refractivity contribution in [2.24, 2.45) is 11.7 Å². The van der Waals surface area contributed by atoms with Gasteiger partial charge in [0.05, 0.1) is 60.4 Å². The lowest BCUT2D eigenvalue weighted by atomic mass is 9.71. The molecule has 12 N–H and O–H groups in total. The molecule has 1 saturated heterocycles. The number of aromatic hydroxyl groups is 3. The van der Waals surface area contributed by atoms with Crippen molar-refractivity contribution in [2.75, 3.05) is 6.61 Å². The van der Waals surface area contributed by atoms with Crippen molar-refractivity contribution in [3.05, 3.63) is 86.0 Å². The Morgan fingerprint density at radius 1 is 0.797 bits per heavy atom. The number of primary amides is 1. The van der Waals surface area contributed by atoms with Gasteiger partial charge in [-0.05, 0) is 43.2 Å². The van der Waals surface area contributed by atoms with Crippen LogP contribution in [-0.2, 0) is 54.7 Å². The molecule has 0 bridgehead atoms. The molecule has 8 atom stereocenters. The van der Waals surface area contributed by atoms with Gasteiger partial charge in [-0.25, -0.2) is 0 Å². The van der Waals surface area contributed by atoms with Crippen molar-refractivity contribution >= 4 is 40.6 Å². The van der Waals surface area contributed by atoms with E-state index in [1.165, 1.54) is 37.3 Å². The smallest absolute Gasteiger partial charge is 0.252 e. The number of ketones is 6. The van der Waals surface area contributed by atoms with Gasteiger partial charge in [0.1, 0.15) is 46.8 Å². The van der Waals surface area contributed by atoms with E-state index in [4.69, 9.17) is 15.2 Å². The zero-order valence-corrected chi connectivity index (χ0v) is 37.8. The first-order valence-corrected chi connectivity index (χ1v) is 22.6. The Morgan fingerprint density at radius 3 is 2.06 bits per heavy atom. The van der Waals surface area contributed by atoms with Gasteiger partial charge in [-0.1, -0.05) is 30.3 Å². The van der Waals surface area contributed by atoms with Gasteiger partial charge in [0.15, 0.2) is 23.6 Å². The number of amides is 1. The van der Waals surface area contributed by atoms with Crippen molar-refractivity contribution in [1.82, 2.24) is 0 Å². The van der Waals surface area contributed by atoms with Gasteiger partial charge in [-0.15, -0.1) is 0 Å². The number of hydrogen-bond donors (Lipinski definition) is 11. The fourth-order valence-electron chi connectivity index (χ4n) is 9.61. The van der Waals surface area contributed by atoms with Gasteiger partial charge >= 0.3 is 0 Å². The number of benzene rings is 3. The van der Waals surface area contributed by atoms with E-state index in [1.807, 2.05) is 0 Å². The average molecular weight is 964 g/mol. The number of carbonyl (C=O) groups excluding carboxylic acids is 7. The SMILES string of the molecule is C[C@@H]1OC(O[C@@H]2C[C@](O)(C(=O)CO)Cc3c(O)c4c(c(O)c32)C(=O)c2c(CO)cccc2C4=O)C[C@H](CC(=O)CCCC(=O)CCC(O)C(O)CCC(=O)Cc2ccc(CO)c(C(N)=O)c2O)[C@@H]1O. The zero-order chi connectivity index (χ0) is 50.6. The van der Waals surface area contributed by atoms with E-state index in [0.717, 1.165) is 0 Å². The number of rotatable bonds is 22. The van der Waals surface area contributed by atoms with Crippen LogP contribution in [0.4, 0.5) is 0 Å². The third-order valence-corrected chi connectivity index (χ3v) is 13.4. The van der Waals surface area contributed by atoms with Crippen LogP contribution in [0, 0.1) is 5.92 Å². The van der Waals surface area contributed by atoms with E-state index in [9.17, 15) is 84.6 Å². The van der Waals surface area contributed by atoms with E-state index in [0.29, 0.717) is 0 Å². The number of phenolic OH excluding ortho intramolecular Hbond substituents is 2. The average Bonchev–Trinajstić information content (AvgIpc) is 3.31. The Labute approximate surface area is 394 Å². The third-order valence-electron chi connectivity index (χ3n) is 13.4. The lowest BCUT2D eigenvalue weighted by molar-refractivity contribution is -0.257. The number of aliphatic hydroxyl groups excluding tert-OH is 6. The number of nitrogens with two attached hydrogens (primary N) is 1. The van der Waals surface area contributed by atoms with Crippen molar-refractivity contribution in [3.63, 3.8) is 0 Å². The molecule has 1 heterocycles. The van der Waals surface area contributed by atoms with Crippen LogP contribution in [0.2, 0.25) is 0 Å². The second kappa shape index (κ2) is 21.9. The number of hydrogen-bond acceptors (Lipinski definition) is 19. The van der Waals surface area contributed by atoms with Crippen molar-refractivity contribution < 1.29 is 94.1 Å². The molecule has 0 radical (unpaired) electrons. The summed E-state index contributed by atoms with van der Waals surface area (Å²) >= 11 is 0. The van der Waals surface area contributed by atoms with E-state index < -0.39 is 138 Å². The van der Waals surface area contributed by atoms with Crippen molar-refractivity contribution in [2.45, 2.75) is 140 Å². The van der Waals surface area contributed by atoms with Gasteiger partial charge in [-0.2, -0.15) is 0 Å².